The smallest absolute Gasteiger partial charge is 0.467 e. The van der Waals surface area contributed by atoms with Gasteiger partial charge in [-0.25, -0.2) is 0 Å². The Bertz CT molecular complexity index is 518. The van der Waals surface area contributed by atoms with Gasteiger partial charge in [0.2, 0.25) is 0 Å². The molecule has 2 atom stereocenters. The maximum Gasteiger partial charge on any atom is 0.492 e. The highest BCUT2D eigenvalue weighted by Crippen LogP contribution is 2.37. The molecule has 0 saturated heterocycles. The van der Waals surface area contributed by atoms with Crippen molar-refractivity contribution in [2.45, 2.75) is 19.4 Å². The fraction of sp³-hybridized carbons (Fsp3) is 0.364. The molecule has 0 bridgehead atoms. The quantitative estimate of drug-likeness (QED) is 0.338. The standard InChI is InChI=1S/C11H12BClIO5P/c1-2-17-10(15)5-9-11-7(12(16)18-9)3-6(19-20-14)4-8(11)13/h3-4,9,16,20H,2,5H2,1H3. The number of fused-ring (bicyclic) bond motifs is 1. The Hall–Kier alpha value is -0.0751. The molecule has 0 aromatic heterocycles. The molecule has 1 aliphatic heterocycles. The monoisotopic (exact) mass is 428 g/mol. The highest BCUT2D eigenvalue weighted by atomic mass is 127. The van der Waals surface area contributed by atoms with Crippen LogP contribution >= 0.6 is 40.1 Å². The van der Waals surface area contributed by atoms with E-state index in [1.165, 1.54) is 0 Å². The molecule has 0 fully saturated rings. The third-order valence-corrected chi connectivity index (χ3v) is 4.12. The lowest BCUT2D eigenvalue weighted by molar-refractivity contribution is -0.145. The van der Waals surface area contributed by atoms with Crippen molar-refractivity contribution < 1.29 is 23.7 Å². The fourth-order valence-corrected chi connectivity index (χ4v) is 3.39. The summed E-state index contributed by atoms with van der Waals surface area (Å²) in [5.74, 6) is 0.184. The largest absolute Gasteiger partial charge is 0.492 e. The zero-order valence-electron chi connectivity index (χ0n) is 10.6. The second-order valence-electron chi connectivity index (χ2n) is 4.07. The van der Waals surface area contributed by atoms with Gasteiger partial charge in [-0.15, -0.1) is 0 Å². The third kappa shape index (κ3) is 3.57. The van der Waals surface area contributed by atoms with Gasteiger partial charge in [0.15, 0.2) is 0 Å². The molecule has 0 saturated carbocycles. The number of hydrogen-bond acceptors (Lipinski definition) is 5. The van der Waals surface area contributed by atoms with Gasteiger partial charge in [0, 0.05) is 5.02 Å². The van der Waals surface area contributed by atoms with Gasteiger partial charge in [0.25, 0.3) is 0 Å². The molecule has 108 valence electrons. The van der Waals surface area contributed by atoms with Crippen LogP contribution in [-0.4, -0.2) is 24.7 Å². The van der Waals surface area contributed by atoms with Crippen LogP contribution in [0.2, 0.25) is 5.02 Å². The number of hydrogen-bond donors (Lipinski definition) is 1. The zero-order valence-corrected chi connectivity index (χ0v) is 14.5. The molecule has 0 aliphatic carbocycles. The predicted octanol–water partition coefficient (Wildman–Crippen LogP) is 2.37. The van der Waals surface area contributed by atoms with E-state index in [1.54, 1.807) is 19.1 Å². The Morgan fingerprint density at radius 2 is 2.40 bits per heavy atom. The van der Waals surface area contributed by atoms with E-state index in [2.05, 4.69) is 22.0 Å². The first-order valence-electron chi connectivity index (χ1n) is 5.91. The fourth-order valence-electron chi connectivity index (χ4n) is 2.08. The van der Waals surface area contributed by atoms with E-state index in [0.717, 1.165) is 0 Å². The topological polar surface area (TPSA) is 65.0 Å². The van der Waals surface area contributed by atoms with Gasteiger partial charge in [-0.2, -0.15) is 0 Å². The Morgan fingerprint density at radius 1 is 1.65 bits per heavy atom. The van der Waals surface area contributed by atoms with Gasteiger partial charge in [0.1, 0.15) is 12.2 Å². The van der Waals surface area contributed by atoms with Crippen molar-refractivity contribution in [1.82, 2.24) is 0 Å². The van der Waals surface area contributed by atoms with E-state index in [4.69, 9.17) is 25.5 Å². The first-order valence-corrected chi connectivity index (χ1v) is 10.3. The van der Waals surface area contributed by atoms with Crippen molar-refractivity contribution >= 4 is 58.6 Å². The van der Waals surface area contributed by atoms with E-state index >= 15 is 0 Å². The number of rotatable bonds is 5. The Morgan fingerprint density at radius 3 is 3.05 bits per heavy atom. The van der Waals surface area contributed by atoms with Gasteiger partial charge in [0.05, 0.1) is 19.1 Å². The maximum atomic E-state index is 11.5. The van der Waals surface area contributed by atoms with Crippen LogP contribution < -0.4 is 9.99 Å². The minimum atomic E-state index is -1.11. The molecule has 1 heterocycles. The van der Waals surface area contributed by atoms with Crippen molar-refractivity contribution in [2.75, 3.05) is 6.61 Å². The van der Waals surface area contributed by atoms with Gasteiger partial charge in [-0.05, 0) is 52.1 Å². The van der Waals surface area contributed by atoms with Crippen LogP contribution in [-0.2, 0) is 14.2 Å². The maximum absolute atomic E-state index is 11.5. The van der Waals surface area contributed by atoms with Crippen molar-refractivity contribution in [2.24, 2.45) is 0 Å². The van der Waals surface area contributed by atoms with E-state index in [0.29, 0.717) is 28.4 Å². The Kier molecular flexibility index (Phi) is 5.92. The molecular weight excluding hydrogens is 416 g/mol. The summed E-state index contributed by atoms with van der Waals surface area (Å²) in [5.41, 5.74) is 1.16. The molecule has 9 heteroatoms. The van der Waals surface area contributed by atoms with Crippen LogP contribution in [0, 0.1) is 0 Å². The van der Waals surface area contributed by atoms with Crippen LogP contribution in [0.1, 0.15) is 25.0 Å². The second kappa shape index (κ2) is 7.27. The second-order valence-corrected chi connectivity index (χ2v) is 6.16. The van der Waals surface area contributed by atoms with Crippen molar-refractivity contribution in [3.05, 3.63) is 22.7 Å². The molecule has 1 aliphatic rings. The number of carbonyl (C=O) groups excluding carboxylic acids is 1. The summed E-state index contributed by atoms with van der Waals surface area (Å²) < 4.78 is 15.7. The van der Waals surface area contributed by atoms with Gasteiger partial charge >= 0.3 is 13.1 Å². The number of carbonyl (C=O) groups is 1. The molecule has 1 aromatic rings. The summed E-state index contributed by atoms with van der Waals surface area (Å²) in [7, 11) is -1.11. The summed E-state index contributed by atoms with van der Waals surface area (Å²) in [4.78, 5) is 11.5. The Labute approximate surface area is 136 Å². The van der Waals surface area contributed by atoms with Gasteiger partial charge < -0.3 is 18.9 Å². The van der Waals surface area contributed by atoms with Crippen molar-refractivity contribution in [3.63, 3.8) is 0 Å². The number of esters is 1. The van der Waals surface area contributed by atoms with Crippen LogP contribution in [0.25, 0.3) is 0 Å². The van der Waals surface area contributed by atoms with Crippen molar-refractivity contribution in [3.8, 4) is 5.75 Å². The number of ether oxygens (including phenoxy) is 1. The van der Waals surface area contributed by atoms with E-state index in [-0.39, 0.29) is 18.8 Å². The molecule has 5 nitrogen and oxygen atoms in total. The molecule has 0 radical (unpaired) electrons. The lowest BCUT2D eigenvalue weighted by Crippen LogP contribution is -2.28. The summed E-state index contributed by atoms with van der Waals surface area (Å²) in [6.45, 7) is 2.28. The summed E-state index contributed by atoms with van der Waals surface area (Å²) >= 11 is 8.30. The van der Waals surface area contributed by atoms with Crippen molar-refractivity contribution in [1.29, 1.82) is 0 Å². The molecule has 0 spiro atoms. The van der Waals surface area contributed by atoms with Crippen LogP contribution in [0.15, 0.2) is 12.1 Å². The van der Waals surface area contributed by atoms with Crippen LogP contribution in [0.5, 0.6) is 5.75 Å². The normalized spacial score (nSPS) is 17.6. The Balaban J connectivity index is 2.26. The average Bonchev–Trinajstić information content (AvgIpc) is 2.67. The summed E-state index contributed by atoms with van der Waals surface area (Å²) in [5, 5.41) is 10.3. The summed E-state index contributed by atoms with van der Waals surface area (Å²) in [6.07, 6.45) is -0.575. The zero-order chi connectivity index (χ0) is 14.7. The first-order chi connectivity index (χ1) is 9.56. The highest BCUT2D eigenvalue weighted by Gasteiger charge is 2.38. The van der Waals surface area contributed by atoms with Crippen LogP contribution in [0.4, 0.5) is 0 Å². The third-order valence-electron chi connectivity index (χ3n) is 2.83. The van der Waals surface area contributed by atoms with E-state index in [1.807, 2.05) is 0 Å². The van der Waals surface area contributed by atoms with Gasteiger partial charge in [-0.1, -0.05) is 11.6 Å². The lowest BCUT2D eigenvalue weighted by Gasteiger charge is -2.13. The minimum Gasteiger partial charge on any atom is -0.467 e. The predicted molar refractivity (Wildman–Crippen MR) is 87.1 cm³/mol. The molecule has 1 N–H and O–H groups in total. The average molecular weight is 428 g/mol. The SMILES string of the molecule is CCOC(=O)CC1OB(O)c2cc(OPI)cc(Cl)c21. The molecule has 1 aromatic carbocycles. The molecule has 2 unspecified atom stereocenters. The van der Waals surface area contributed by atoms with E-state index in [9.17, 15) is 9.82 Å². The highest BCUT2D eigenvalue weighted by molar-refractivity contribution is 14.2. The molecular formula is C11H12BClIO5P. The first kappa shape index (κ1) is 16.3. The number of benzene rings is 1. The van der Waals surface area contributed by atoms with Crippen LogP contribution in [0.3, 0.4) is 0 Å². The minimum absolute atomic E-state index is 0.0197. The van der Waals surface area contributed by atoms with E-state index < -0.39 is 13.2 Å². The lowest BCUT2D eigenvalue weighted by atomic mass is 9.79. The molecule has 20 heavy (non-hydrogen) atoms. The summed E-state index contributed by atoms with van der Waals surface area (Å²) in [6, 6.07) is 3.34. The molecule has 2 rings (SSSR count). The number of halogens is 2. The molecule has 0 amide bonds. The van der Waals surface area contributed by atoms with Gasteiger partial charge in [-0.3, -0.25) is 4.79 Å².